The molecule has 1 heterocycles. The molecule has 0 N–H and O–H groups in total. The largest absolute Gasteiger partial charge is 0.367 e. The summed E-state index contributed by atoms with van der Waals surface area (Å²) in [5, 5.41) is 0. The van der Waals surface area contributed by atoms with E-state index in [9.17, 15) is 0 Å². The monoisotopic (exact) mass is 214 g/mol. The second kappa shape index (κ2) is 4.26. The quantitative estimate of drug-likeness (QED) is 0.692. The minimum absolute atomic E-state index is 0.181. The maximum Gasteiger partial charge on any atom is 0.0879 e. The molecule has 0 atom stereocenters. The summed E-state index contributed by atoms with van der Waals surface area (Å²) in [4.78, 5) is 0. The number of aryl methyl sites for hydroxylation is 1. The van der Waals surface area contributed by atoms with Gasteiger partial charge in [-0.3, -0.25) is 0 Å². The maximum absolute atomic E-state index is 5.72. The van der Waals surface area contributed by atoms with Gasteiger partial charge in [0.1, 0.15) is 0 Å². The van der Waals surface area contributed by atoms with Crippen LogP contribution in [0.3, 0.4) is 0 Å². The highest BCUT2D eigenvalue weighted by atomic mass is 16.5. The number of rotatable bonds is 1. The predicted octanol–water partition coefficient (Wildman–Crippen LogP) is 3.74. The summed E-state index contributed by atoms with van der Waals surface area (Å²) >= 11 is 0. The van der Waals surface area contributed by atoms with Gasteiger partial charge in [0.15, 0.2) is 0 Å². The molecule has 0 saturated heterocycles. The van der Waals surface area contributed by atoms with Gasteiger partial charge in [-0.05, 0) is 38.0 Å². The zero-order valence-corrected chi connectivity index (χ0v) is 10.2. The zero-order valence-electron chi connectivity index (χ0n) is 10.2. The lowest BCUT2D eigenvalue weighted by Gasteiger charge is -2.29. The number of hydrogen-bond acceptors (Lipinski definition) is 1. The average molecular weight is 214 g/mol. The van der Waals surface area contributed by atoms with E-state index in [-0.39, 0.29) is 5.60 Å². The molecule has 1 aromatic carbocycles. The molecule has 0 aliphatic carbocycles. The fourth-order valence-corrected chi connectivity index (χ4v) is 1.78. The molecule has 84 valence electrons. The Morgan fingerprint density at radius 3 is 2.50 bits per heavy atom. The van der Waals surface area contributed by atoms with Crippen molar-refractivity contribution in [2.75, 3.05) is 6.61 Å². The Morgan fingerprint density at radius 1 is 1.19 bits per heavy atom. The van der Waals surface area contributed by atoms with E-state index in [4.69, 9.17) is 4.74 Å². The number of hydrogen-bond donors (Lipinski definition) is 0. The molecule has 2 rings (SSSR count). The zero-order chi connectivity index (χ0) is 11.6. The molecule has 16 heavy (non-hydrogen) atoms. The molecule has 1 nitrogen and oxygen atoms in total. The van der Waals surface area contributed by atoms with Crippen LogP contribution in [-0.2, 0) is 4.74 Å². The van der Waals surface area contributed by atoms with E-state index in [1.807, 2.05) is 0 Å². The molecule has 0 saturated carbocycles. The first kappa shape index (κ1) is 11.2. The summed E-state index contributed by atoms with van der Waals surface area (Å²) in [6.07, 6.45) is 6.41. The Balaban J connectivity index is 2.32. The van der Waals surface area contributed by atoms with Gasteiger partial charge in [-0.15, -0.1) is 0 Å². The van der Waals surface area contributed by atoms with Crippen LogP contribution in [0.4, 0.5) is 0 Å². The van der Waals surface area contributed by atoms with Crippen molar-refractivity contribution in [2.45, 2.75) is 26.4 Å². The highest BCUT2D eigenvalue weighted by Crippen LogP contribution is 2.27. The minimum atomic E-state index is -0.181. The Hall–Kier alpha value is -1.34. The van der Waals surface area contributed by atoms with E-state index in [1.54, 1.807) is 0 Å². The van der Waals surface area contributed by atoms with Crippen LogP contribution in [0.15, 0.2) is 42.0 Å². The molecule has 0 unspecified atom stereocenters. The highest BCUT2D eigenvalue weighted by Gasteiger charge is 2.24. The SMILES string of the molecule is Cc1ccc(/C=C2\C=CCOC2(C)C)cc1. The van der Waals surface area contributed by atoms with Crippen molar-refractivity contribution in [2.24, 2.45) is 0 Å². The van der Waals surface area contributed by atoms with Gasteiger partial charge in [0, 0.05) is 0 Å². The molecular formula is C15H18O. The molecular weight excluding hydrogens is 196 g/mol. The summed E-state index contributed by atoms with van der Waals surface area (Å²) < 4.78 is 5.72. The van der Waals surface area contributed by atoms with Crippen molar-refractivity contribution in [3.63, 3.8) is 0 Å². The highest BCUT2D eigenvalue weighted by molar-refractivity contribution is 5.59. The van der Waals surface area contributed by atoms with Crippen LogP contribution >= 0.6 is 0 Å². The summed E-state index contributed by atoms with van der Waals surface area (Å²) in [6.45, 7) is 7.02. The van der Waals surface area contributed by atoms with Crippen molar-refractivity contribution in [1.29, 1.82) is 0 Å². The lowest BCUT2D eigenvalue weighted by Crippen LogP contribution is -2.29. The summed E-state index contributed by atoms with van der Waals surface area (Å²) in [5.74, 6) is 0. The number of ether oxygens (including phenoxy) is 1. The Morgan fingerprint density at radius 2 is 1.88 bits per heavy atom. The van der Waals surface area contributed by atoms with Crippen LogP contribution in [0.2, 0.25) is 0 Å². The summed E-state index contributed by atoms with van der Waals surface area (Å²) in [7, 11) is 0. The van der Waals surface area contributed by atoms with Crippen LogP contribution in [0, 0.1) is 6.92 Å². The molecule has 0 fully saturated rings. The molecule has 0 amide bonds. The molecule has 1 aliphatic heterocycles. The Bertz CT molecular complexity index is 421. The van der Waals surface area contributed by atoms with Crippen LogP contribution < -0.4 is 0 Å². The number of benzene rings is 1. The van der Waals surface area contributed by atoms with Crippen LogP contribution in [0.1, 0.15) is 25.0 Å². The third kappa shape index (κ3) is 2.42. The van der Waals surface area contributed by atoms with E-state index < -0.39 is 0 Å². The molecule has 1 heteroatoms. The third-order valence-corrected chi connectivity index (χ3v) is 2.93. The molecule has 1 aliphatic rings. The molecule has 0 spiro atoms. The third-order valence-electron chi connectivity index (χ3n) is 2.93. The first-order valence-corrected chi connectivity index (χ1v) is 5.67. The maximum atomic E-state index is 5.72. The van der Waals surface area contributed by atoms with Crippen molar-refractivity contribution in [3.8, 4) is 0 Å². The van der Waals surface area contributed by atoms with Crippen molar-refractivity contribution in [3.05, 3.63) is 53.1 Å². The predicted molar refractivity (Wildman–Crippen MR) is 68.3 cm³/mol. The summed E-state index contributed by atoms with van der Waals surface area (Å²) in [5.41, 5.74) is 3.56. The normalized spacial score (nSPS) is 21.3. The second-order valence-corrected chi connectivity index (χ2v) is 4.73. The van der Waals surface area contributed by atoms with Crippen molar-refractivity contribution in [1.82, 2.24) is 0 Å². The minimum Gasteiger partial charge on any atom is -0.367 e. The standard InChI is InChI=1S/C15H18O/c1-12-6-8-13(9-7-12)11-14-5-4-10-16-15(14,2)3/h4-9,11H,10H2,1-3H3/b14-11+. The molecule has 0 radical (unpaired) electrons. The molecule has 0 bridgehead atoms. The van der Waals surface area contributed by atoms with Gasteiger partial charge in [0.25, 0.3) is 0 Å². The van der Waals surface area contributed by atoms with E-state index in [2.05, 4.69) is 63.3 Å². The van der Waals surface area contributed by atoms with Gasteiger partial charge in [-0.25, -0.2) is 0 Å². The van der Waals surface area contributed by atoms with Crippen LogP contribution in [0.5, 0.6) is 0 Å². The fraction of sp³-hybridized carbons (Fsp3) is 0.333. The van der Waals surface area contributed by atoms with E-state index in [1.165, 1.54) is 16.7 Å². The fourth-order valence-electron chi connectivity index (χ4n) is 1.78. The average Bonchev–Trinajstić information content (AvgIpc) is 2.24. The van der Waals surface area contributed by atoms with Crippen LogP contribution in [0.25, 0.3) is 6.08 Å². The lowest BCUT2D eigenvalue weighted by atomic mass is 9.93. The first-order valence-electron chi connectivity index (χ1n) is 5.67. The Kier molecular flexibility index (Phi) is 2.97. The molecule has 0 aromatic heterocycles. The lowest BCUT2D eigenvalue weighted by molar-refractivity contribution is 0.0270. The van der Waals surface area contributed by atoms with Gasteiger partial charge in [-0.2, -0.15) is 0 Å². The van der Waals surface area contributed by atoms with E-state index in [0.717, 1.165) is 0 Å². The van der Waals surface area contributed by atoms with Gasteiger partial charge in [0.05, 0.1) is 12.2 Å². The summed E-state index contributed by atoms with van der Waals surface area (Å²) in [6, 6.07) is 8.54. The van der Waals surface area contributed by atoms with Crippen molar-refractivity contribution < 1.29 is 4.74 Å². The van der Waals surface area contributed by atoms with Gasteiger partial charge in [0.2, 0.25) is 0 Å². The van der Waals surface area contributed by atoms with E-state index >= 15 is 0 Å². The van der Waals surface area contributed by atoms with Gasteiger partial charge in [-0.1, -0.05) is 42.0 Å². The second-order valence-electron chi connectivity index (χ2n) is 4.73. The van der Waals surface area contributed by atoms with Crippen LogP contribution in [-0.4, -0.2) is 12.2 Å². The van der Waals surface area contributed by atoms with E-state index in [0.29, 0.717) is 6.61 Å². The topological polar surface area (TPSA) is 9.23 Å². The molecule has 1 aromatic rings. The smallest absolute Gasteiger partial charge is 0.0879 e. The van der Waals surface area contributed by atoms with Crippen molar-refractivity contribution >= 4 is 6.08 Å². The van der Waals surface area contributed by atoms with Gasteiger partial charge >= 0.3 is 0 Å². The Labute approximate surface area is 97.4 Å². The first-order chi connectivity index (χ1) is 7.58. The van der Waals surface area contributed by atoms with Gasteiger partial charge < -0.3 is 4.74 Å².